The summed E-state index contributed by atoms with van der Waals surface area (Å²) in [5.41, 5.74) is 1.74. The van der Waals surface area contributed by atoms with Gasteiger partial charge in [0.15, 0.2) is 0 Å². The first-order chi connectivity index (χ1) is 10.3. The molecule has 0 radical (unpaired) electrons. The zero-order valence-corrected chi connectivity index (χ0v) is 12.3. The van der Waals surface area contributed by atoms with Gasteiger partial charge in [-0.3, -0.25) is 0 Å². The molecule has 0 atom stereocenters. The van der Waals surface area contributed by atoms with Crippen LogP contribution in [0.15, 0.2) is 54.6 Å². The monoisotopic (exact) mass is 299 g/mol. The maximum absolute atomic E-state index is 6.01. The number of hydrogen-bond donors (Lipinski definition) is 0. The average Bonchev–Trinajstić information content (AvgIpc) is 2.54. The third kappa shape index (κ3) is 2.93. The Morgan fingerprint density at radius 3 is 2.62 bits per heavy atom. The highest BCUT2D eigenvalue weighted by molar-refractivity contribution is 6.17. The van der Waals surface area contributed by atoms with Crippen molar-refractivity contribution in [3.63, 3.8) is 0 Å². The smallest absolute Gasteiger partial charge is 0.224 e. The SMILES string of the molecule is COc1cccc(Oc2nc3ccccc3cc2CCl)c1. The quantitative estimate of drug-likeness (QED) is 0.650. The molecule has 0 fully saturated rings. The molecule has 0 bridgehead atoms. The first kappa shape index (κ1) is 13.7. The maximum atomic E-state index is 6.01. The number of alkyl halides is 1. The molecule has 1 aromatic heterocycles. The second-order valence-corrected chi connectivity index (χ2v) is 4.83. The van der Waals surface area contributed by atoms with E-state index in [0.29, 0.717) is 17.5 Å². The van der Waals surface area contributed by atoms with Gasteiger partial charge in [-0.15, -0.1) is 11.6 Å². The normalized spacial score (nSPS) is 10.6. The summed E-state index contributed by atoms with van der Waals surface area (Å²) in [5.74, 6) is 2.28. The molecule has 0 unspecified atom stereocenters. The number of rotatable bonds is 4. The van der Waals surface area contributed by atoms with Crippen molar-refractivity contribution in [2.75, 3.05) is 7.11 Å². The van der Waals surface area contributed by atoms with E-state index in [1.165, 1.54) is 0 Å². The lowest BCUT2D eigenvalue weighted by Gasteiger charge is -2.11. The molecule has 1 heterocycles. The largest absolute Gasteiger partial charge is 0.497 e. The van der Waals surface area contributed by atoms with E-state index in [0.717, 1.165) is 22.2 Å². The molecule has 0 saturated heterocycles. The van der Waals surface area contributed by atoms with E-state index in [1.807, 2.05) is 54.6 Å². The van der Waals surface area contributed by atoms with Gasteiger partial charge in [0.05, 0.1) is 18.5 Å². The third-order valence-electron chi connectivity index (χ3n) is 3.16. The van der Waals surface area contributed by atoms with Crippen LogP contribution >= 0.6 is 11.6 Å². The molecule has 0 aliphatic rings. The molecule has 2 aromatic carbocycles. The Morgan fingerprint density at radius 1 is 1.00 bits per heavy atom. The van der Waals surface area contributed by atoms with Crippen LogP contribution < -0.4 is 9.47 Å². The van der Waals surface area contributed by atoms with E-state index in [2.05, 4.69) is 4.98 Å². The molecule has 0 amide bonds. The van der Waals surface area contributed by atoms with Gasteiger partial charge in [-0.2, -0.15) is 0 Å². The van der Waals surface area contributed by atoms with Crippen LogP contribution in [0.5, 0.6) is 17.4 Å². The number of nitrogens with zero attached hydrogens (tertiary/aromatic N) is 1. The van der Waals surface area contributed by atoms with Crippen molar-refractivity contribution in [1.82, 2.24) is 4.98 Å². The summed E-state index contributed by atoms with van der Waals surface area (Å²) in [5, 5.41) is 1.05. The molecule has 0 saturated carbocycles. The summed E-state index contributed by atoms with van der Waals surface area (Å²) in [6.07, 6.45) is 0. The lowest BCUT2D eigenvalue weighted by Crippen LogP contribution is -1.94. The minimum absolute atomic E-state index is 0.344. The van der Waals surface area contributed by atoms with Gasteiger partial charge in [-0.1, -0.05) is 24.3 Å². The molecule has 4 heteroatoms. The summed E-state index contributed by atoms with van der Waals surface area (Å²) in [7, 11) is 1.62. The molecule has 0 N–H and O–H groups in total. The van der Waals surface area contributed by atoms with E-state index in [4.69, 9.17) is 21.1 Å². The van der Waals surface area contributed by atoms with E-state index in [1.54, 1.807) is 7.11 Å². The van der Waals surface area contributed by atoms with Crippen molar-refractivity contribution >= 4 is 22.5 Å². The van der Waals surface area contributed by atoms with E-state index in [9.17, 15) is 0 Å². The first-order valence-corrected chi connectivity index (χ1v) is 7.10. The second kappa shape index (κ2) is 6.02. The van der Waals surface area contributed by atoms with Crippen molar-refractivity contribution in [3.8, 4) is 17.4 Å². The number of halogens is 1. The van der Waals surface area contributed by atoms with Gasteiger partial charge in [-0.25, -0.2) is 4.98 Å². The predicted molar refractivity (Wildman–Crippen MR) is 84.4 cm³/mol. The Bertz CT molecular complexity index is 774. The van der Waals surface area contributed by atoms with Gasteiger partial charge in [0.25, 0.3) is 0 Å². The molecule has 0 aliphatic carbocycles. The third-order valence-corrected chi connectivity index (χ3v) is 3.45. The standard InChI is InChI=1S/C17H14ClNO2/c1-20-14-6-4-7-15(10-14)21-17-13(11-18)9-12-5-2-3-8-16(12)19-17/h2-10H,11H2,1H3. The summed E-state index contributed by atoms with van der Waals surface area (Å²) in [6, 6.07) is 17.3. The van der Waals surface area contributed by atoms with Gasteiger partial charge in [0.1, 0.15) is 11.5 Å². The van der Waals surface area contributed by atoms with Crippen LogP contribution in [0.4, 0.5) is 0 Å². The molecule has 3 rings (SSSR count). The van der Waals surface area contributed by atoms with Crippen molar-refractivity contribution < 1.29 is 9.47 Å². The highest BCUT2D eigenvalue weighted by atomic mass is 35.5. The van der Waals surface area contributed by atoms with Crippen LogP contribution in [0.25, 0.3) is 10.9 Å². The zero-order valence-electron chi connectivity index (χ0n) is 11.5. The van der Waals surface area contributed by atoms with E-state index in [-0.39, 0.29) is 0 Å². The van der Waals surface area contributed by atoms with Crippen molar-refractivity contribution in [3.05, 3.63) is 60.2 Å². The number of pyridine rings is 1. The van der Waals surface area contributed by atoms with E-state index >= 15 is 0 Å². The fraction of sp³-hybridized carbons (Fsp3) is 0.118. The Morgan fingerprint density at radius 2 is 1.81 bits per heavy atom. The molecule has 106 valence electrons. The van der Waals surface area contributed by atoms with Crippen molar-refractivity contribution in [1.29, 1.82) is 0 Å². The molecule has 21 heavy (non-hydrogen) atoms. The minimum atomic E-state index is 0.344. The van der Waals surface area contributed by atoms with E-state index < -0.39 is 0 Å². The van der Waals surface area contributed by atoms with Gasteiger partial charge in [0.2, 0.25) is 5.88 Å². The molecule has 3 aromatic rings. The lowest BCUT2D eigenvalue weighted by atomic mass is 10.1. The Hall–Kier alpha value is -2.26. The summed E-state index contributed by atoms with van der Waals surface area (Å²) in [6.45, 7) is 0. The summed E-state index contributed by atoms with van der Waals surface area (Å²) in [4.78, 5) is 4.55. The second-order valence-electron chi connectivity index (χ2n) is 4.56. The molecular weight excluding hydrogens is 286 g/mol. The maximum Gasteiger partial charge on any atom is 0.224 e. The Labute approximate surface area is 128 Å². The first-order valence-electron chi connectivity index (χ1n) is 6.56. The highest BCUT2D eigenvalue weighted by Crippen LogP contribution is 2.29. The van der Waals surface area contributed by atoms with Crippen LogP contribution in [-0.4, -0.2) is 12.1 Å². The Balaban J connectivity index is 2.02. The minimum Gasteiger partial charge on any atom is -0.497 e. The summed E-state index contributed by atoms with van der Waals surface area (Å²) >= 11 is 6.01. The average molecular weight is 300 g/mol. The predicted octanol–water partition coefficient (Wildman–Crippen LogP) is 4.77. The van der Waals surface area contributed by atoms with Crippen LogP contribution in [0.2, 0.25) is 0 Å². The summed E-state index contributed by atoms with van der Waals surface area (Å²) < 4.78 is 11.1. The fourth-order valence-electron chi connectivity index (χ4n) is 2.10. The van der Waals surface area contributed by atoms with Gasteiger partial charge < -0.3 is 9.47 Å². The molecule has 0 aliphatic heterocycles. The van der Waals surface area contributed by atoms with Gasteiger partial charge in [0, 0.05) is 17.0 Å². The number of benzene rings is 2. The van der Waals surface area contributed by atoms with Crippen LogP contribution in [0.3, 0.4) is 0 Å². The highest BCUT2D eigenvalue weighted by Gasteiger charge is 2.09. The number of fused-ring (bicyclic) bond motifs is 1. The lowest BCUT2D eigenvalue weighted by molar-refractivity contribution is 0.407. The van der Waals surface area contributed by atoms with Crippen LogP contribution in [0, 0.1) is 0 Å². The molecule has 3 nitrogen and oxygen atoms in total. The fourth-order valence-corrected chi connectivity index (χ4v) is 2.29. The Kier molecular flexibility index (Phi) is 3.93. The number of ether oxygens (including phenoxy) is 2. The van der Waals surface area contributed by atoms with Gasteiger partial charge in [-0.05, 0) is 24.3 Å². The van der Waals surface area contributed by atoms with Crippen molar-refractivity contribution in [2.24, 2.45) is 0 Å². The van der Waals surface area contributed by atoms with Crippen molar-refractivity contribution in [2.45, 2.75) is 5.88 Å². The topological polar surface area (TPSA) is 31.4 Å². The number of hydrogen-bond acceptors (Lipinski definition) is 3. The number of methoxy groups -OCH3 is 1. The van der Waals surface area contributed by atoms with Crippen LogP contribution in [0.1, 0.15) is 5.56 Å². The molecular formula is C17H14ClNO2. The molecule has 0 spiro atoms. The zero-order chi connectivity index (χ0) is 14.7. The number of para-hydroxylation sites is 1. The number of aromatic nitrogens is 1. The van der Waals surface area contributed by atoms with Gasteiger partial charge >= 0.3 is 0 Å². The van der Waals surface area contributed by atoms with Crippen LogP contribution in [-0.2, 0) is 5.88 Å².